The van der Waals surface area contributed by atoms with Crippen LogP contribution in [0.15, 0.2) is 91.0 Å². The van der Waals surface area contributed by atoms with Gasteiger partial charge in [-0.15, -0.1) is 0 Å². The molecule has 0 aliphatic rings. The Labute approximate surface area is 165 Å². The van der Waals surface area contributed by atoms with E-state index in [-0.39, 0.29) is 5.41 Å². The minimum atomic E-state index is 0.235. The molecule has 0 fully saturated rings. The standard InChI is InChI=1S/C27H32/c1-22(24-15-9-5-10-16-24)27(2,3)21-26(25-17-11-6-12-18-25)20-19-23-13-7-4-8-14-23/h4-18,22,26H,19-21H2,1-3H3. The minimum absolute atomic E-state index is 0.235. The Kier molecular flexibility index (Phi) is 6.50. The van der Waals surface area contributed by atoms with Gasteiger partial charge in [0.1, 0.15) is 0 Å². The highest BCUT2D eigenvalue weighted by Gasteiger charge is 2.30. The summed E-state index contributed by atoms with van der Waals surface area (Å²) >= 11 is 0. The first-order valence-corrected chi connectivity index (χ1v) is 10.2. The topological polar surface area (TPSA) is 0 Å². The van der Waals surface area contributed by atoms with Crippen LogP contribution in [-0.4, -0.2) is 0 Å². The summed E-state index contributed by atoms with van der Waals surface area (Å²) in [4.78, 5) is 0. The predicted octanol–water partition coefficient (Wildman–Crippen LogP) is 7.62. The van der Waals surface area contributed by atoms with Crippen LogP contribution < -0.4 is 0 Å². The van der Waals surface area contributed by atoms with Crippen LogP contribution in [0.1, 0.15) is 62.1 Å². The van der Waals surface area contributed by atoms with E-state index in [9.17, 15) is 0 Å². The van der Waals surface area contributed by atoms with Crippen LogP contribution in [0.2, 0.25) is 0 Å². The Morgan fingerprint density at radius 3 is 1.70 bits per heavy atom. The minimum Gasteiger partial charge on any atom is -0.0622 e. The van der Waals surface area contributed by atoms with Crippen LogP contribution >= 0.6 is 0 Å². The molecule has 2 unspecified atom stereocenters. The Balaban J connectivity index is 1.77. The van der Waals surface area contributed by atoms with E-state index >= 15 is 0 Å². The molecule has 27 heavy (non-hydrogen) atoms. The highest BCUT2D eigenvalue weighted by molar-refractivity contribution is 5.24. The Morgan fingerprint density at radius 1 is 0.667 bits per heavy atom. The summed E-state index contributed by atoms with van der Waals surface area (Å²) in [7, 11) is 0. The maximum Gasteiger partial charge on any atom is -0.0139 e. The molecule has 0 radical (unpaired) electrons. The second kappa shape index (κ2) is 9.04. The lowest BCUT2D eigenvalue weighted by Gasteiger charge is -2.36. The van der Waals surface area contributed by atoms with E-state index < -0.39 is 0 Å². The van der Waals surface area contributed by atoms with Crippen molar-refractivity contribution in [1.29, 1.82) is 0 Å². The van der Waals surface area contributed by atoms with Crippen molar-refractivity contribution in [3.63, 3.8) is 0 Å². The third-order valence-electron chi connectivity index (χ3n) is 6.14. The molecule has 0 bridgehead atoms. The lowest BCUT2D eigenvalue weighted by Crippen LogP contribution is -2.23. The molecule has 0 heteroatoms. The van der Waals surface area contributed by atoms with E-state index in [4.69, 9.17) is 0 Å². The SMILES string of the molecule is CC(c1ccccc1)C(C)(C)CC(CCc1ccccc1)c1ccccc1. The smallest absolute Gasteiger partial charge is 0.0139 e. The molecule has 3 aromatic rings. The zero-order valence-electron chi connectivity index (χ0n) is 16.9. The van der Waals surface area contributed by atoms with Gasteiger partial charge in [-0.2, -0.15) is 0 Å². The van der Waals surface area contributed by atoms with Crippen LogP contribution in [0.25, 0.3) is 0 Å². The molecule has 140 valence electrons. The van der Waals surface area contributed by atoms with Gasteiger partial charge in [-0.3, -0.25) is 0 Å². The highest BCUT2D eigenvalue weighted by atomic mass is 14.3. The Hall–Kier alpha value is -2.34. The molecule has 0 saturated carbocycles. The first-order valence-electron chi connectivity index (χ1n) is 10.2. The van der Waals surface area contributed by atoms with Crippen LogP contribution in [0, 0.1) is 5.41 Å². The molecule has 0 saturated heterocycles. The lowest BCUT2D eigenvalue weighted by molar-refractivity contribution is 0.248. The third kappa shape index (κ3) is 5.32. The number of benzene rings is 3. The lowest BCUT2D eigenvalue weighted by atomic mass is 9.69. The van der Waals surface area contributed by atoms with E-state index in [1.807, 2.05) is 0 Å². The first kappa shape index (κ1) is 19.4. The van der Waals surface area contributed by atoms with Gasteiger partial charge in [0.05, 0.1) is 0 Å². The van der Waals surface area contributed by atoms with Gasteiger partial charge in [0.15, 0.2) is 0 Å². The van der Waals surface area contributed by atoms with Gasteiger partial charge in [0, 0.05) is 0 Å². The van der Waals surface area contributed by atoms with Crippen molar-refractivity contribution in [2.24, 2.45) is 5.41 Å². The molecule has 2 atom stereocenters. The normalized spacial score (nSPS) is 13.9. The predicted molar refractivity (Wildman–Crippen MR) is 117 cm³/mol. The van der Waals surface area contributed by atoms with E-state index in [0.717, 1.165) is 6.42 Å². The van der Waals surface area contributed by atoms with Crippen molar-refractivity contribution in [2.45, 2.75) is 51.9 Å². The Bertz CT molecular complexity index is 787. The Morgan fingerprint density at radius 2 is 1.15 bits per heavy atom. The van der Waals surface area contributed by atoms with Gasteiger partial charge in [0.2, 0.25) is 0 Å². The summed E-state index contributed by atoms with van der Waals surface area (Å²) in [5, 5.41) is 0. The van der Waals surface area contributed by atoms with E-state index in [1.165, 1.54) is 29.5 Å². The van der Waals surface area contributed by atoms with Crippen molar-refractivity contribution in [3.05, 3.63) is 108 Å². The van der Waals surface area contributed by atoms with Crippen molar-refractivity contribution in [3.8, 4) is 0 Å². The summed E-state index contributed by atoms with van der Waals surface area (Å²) in [6.45, 7) is 7.25. The summed E-state index contributed by atoms with van der Waals surface area (Å²) in [5.74, 6) is 1.11. The molecule has 0 aromatic heterocycles. The van der Waals surface area contributed by atoms with Crippen molar-refractivity contribution in [1.82, 2.24) is 0 Å². The van der Waals surface area contributed by atoms with E-state index in [2.05, 4.69) is 112 Å². The van der Waals surface area contributed by atoms with Gasteiger partial charge in [-0.05, 0) is 53.2 Å². The van der Waals surface area contributed by atoms with Crippen molar-refractivity contribution in [2.75, 3.05) is 0 Å². The second-order valence-corrected chi connectivity index (χ2v) is 8.46. The van der Waals surface area contributed by atoms with Gasteiger partial charge in [-0.25, -0.2) is 0 Å². The molecule has 0 spiro atoms. The van der Waals surface area contributed by atoms with Gasteiger partial charge < -0.3 is 0 Å². The summed E-state index contributed by atoms with van der Waals surface area (Å²) in [6.07, 6.45) is 3.52. The molecule has 0 nitrogen and oxygen atoms in total. The van der Waals surface area contributed by atoms with Gasteiger partial charge in [0.25, 0.3) is 0 Å². The molecule has 0 aliphatic heterocycles. The fraction of sp³-hybridized carbons (Fsp3) is 0.333. The van der Waals surface area contributed by atoms with Crippen LogP contribution in [0.5, 0.6) is 0 Å². The summed E-state index contributed by atoms with van der Waals surface area (Å²) in [5.41, 5.74) is 4.59. The van der Waals surface area contributed by atoms with Crippen LogP contribution in [-0.2, 0) is 6.42 Å². The van der Waals surface area contributed by atoms with E-state index in [0.29, 0.717) is 11.8 Å². The fourth-order valence-corrected chi connectivity index (χ4v) is 4.10. The average Bonchev–Trinajstić information content (AvgIpc) is 2.72. The molecule has 3 rings (SSSR count). The van der Waals surface area contributed by atoms with Crippen molar-refractivity contribution < 1.29 is 0 Å². The fourth-order valence-electron chi connectivity index (χ4n) is 4.10. The number of rotatable bonds is 8. The number of hydrogen-bond donors (Lipinski definition) is 0. The van der Waals surface area contributed by atoms with E-state index in [1.54, 1.807) is 0 Å². The van der Waals surface area contributed by atoms with Crippen molar-refractivity contribution >= 4 is 0 Å². The summed E-state index contributed by atoms with van der Waals surface area (Å²) < 4.78 is 0. The number of hydrogen-bond acceptors (Lipinski definition) is 0. The monoisotopic (exact) mass is 356 g/mol. The molecule has 0 heterocycles. The van der Waals surface area contributed by atoms with Crippen LogP contribution in [0.3, 0.4) is 0 Å². The van der Waals surface area contributed by atoms with Gasteiger partial charge in [-0.1, -0.05) is 112 Å². The van der Waals surface area contributed by atoms with Crippen LogP contribution in [0.4, 0.5) is 0 Å². The third-order valence-corrected chi connectivity index (χ3v) is 6.14. The molecule has 3 aromatic carbocycles. The molecular weight excluding hydrogens is 324 g/mol. The highest BCUT2D eigenvalue weighted by Crippen LogP contribution is 2.44. The molecule has 0 amide bonds. The molecular formula is C27H32. The first-order chi connectivity index (χ1) is 13.1. The quantitative estimate of drug-likeness (QED) is 0.389. The average molecular weight is 357 g/mol. The van der Waals surface area contributed by atoms with Gasteiger partial charge >= 0.3 is 0 Å². The zero-order chi connectivity index (χ0) is 19.1. The molecule has 0 N–H and O–H groups in total. The molecule has 0 aliphatic carbocycles. The largest absolute Gasteiger partial charge is 0.0622 e. The number of aryl methyl sites for hydroxylation is 1. The summed E-state index contributed by atoms with van der Waals surface area (Å²) in [6, 6.07) is 32.9. The maximum absolute atomic E-state index is 2.43. The maximum atomic E-state index is 2.43. The second-order valence-electron chi connectivity index (χ2n) is 8.46. The zero-order valence-corrected chi connectivity index (χ0v) is 16.9.